The number of esters is 1. The molecule has 1 aliphatic rings. The first-order valence-electron chi connectivity index (χ1n) is 8.50. The molecule has 0 heterocycles. The van der Waals surface area contributed by atoms with Crippen molar-refractivity contribution in [1.29, 1.82) is 0 Å². The minimum absolute atomic E-state index is 0.0105. The number of ether oxygens (including phenoxy) is 2. The van der Waals surface area contributed by atoms with Gasteiger partial charge >= 0.3 is 5.97 Å². The number of methoxy groups -OCH3 is 1. The molecule has 3 nitrogen and oxygen atoms in total. The summed E-state index contributed by atoms with van der Waals surface area (Å²) in [6.07, 6.45) is 2.00. The summed E-state index contributed by atoms with van der Waals surface area (Å²) < 4.78 is 11.0. The van der Waals surface area contributed by atoms with Gasteiger partial charge < -0.3 is 9.47 Å². The van der Waals surface area contributed by atoms with E-state index in [1.54, 1.807) is 0 Å². The smallest absolute Gasteiger partial charge is 0.305 e. The number of fused-ring (bicyclic) bond motifs is 1. The molecule has 25 heavy (non-hydrogen) atoms. The molecule has 1 aliphatic carbocycles. The monoisotopic (exact) mass is 358 g/mol. The van der Waals surface area contributed by atoms with Gasteiger partial charge in [-0.25, -0.2) is 0 Å². The molecule has 0 amide bonds. The number of hydrogen-bond acceptors (Lipinski definition) is 3. The lowest BCUT2D eigenvalue weighted by molar-refractivity contribution is -0.140. The van der Waals surface area contributed by atoms with Gasteiger partial charge in [0.2, 0.25) is 0 Å². The highest BCUT2D eigenvalue weighted by atomic mass is 35.5. The van der Waals surface area contributed by atoms with E-state index in [9.17, 15) is 4.79 Å². The van der Waals surface area contributed by atoms with Crippen LogP contribution in [0.5, 0.6) is 5.75 Å². The molecule has 0 aromatic heterocycles. The Hall–Kier alpha value is -2.00. The predicted octanol–water partition coefficient (Wildman–Crippen LogP) is 5.15. The summed E-state index contributed by atoms with van der Waals surface area (Å²) in [6, 6.07) is 14.0. The Bertz CT molecular complexity index is 765. The van der Waals surface area contributed by atoms with E-state index >= 15 is 0 Å². The van der Waals surface area contributed by atoms with Crippen LogP contribution in [0.3, 0.4) is 0 Å². The lowest BCUT2D eigenvalue weighted by Gasteiger charge is -2.28. The van der Waals surface area contributed by atoms with Crippen molar-refractivity contribution in [3.63, 3.8) is 0 Å². The fourth-order valence-electron chi connectivity index (χ4n) is 3.42. The van der Waals surface area contributed by atoms with Crippen LogP contribution in [-0.2, 0) is 22.4 Å². The fraction of sp³-hybridized carbons (Fsp3) is 0.381. The normalized spacial score (nSPS) is 17.8. The van der Waals surface area contributed by atoms with Gasteiger partial charge in [-0.2, -0.15) is 0 Å². The third-order valence-corrected chi connectivity index (χ3v) is 5.00. The maximum absolute atomic E-state index is 11.2. The molecular formula is C21H23ClO3. The second kappa shape index (κ2) is 7.09. The Morgan fingerprint density at radius 2 is 1.92 bits per heavy atom. The molecule has 1 unspecified atom stereocenters. The molecular weight excluding hydrogens is 336 g/mol. The van der Waals surface area contributed by atoms with Crippen molar-refractivity contribution >= 4 is 17.6 Å². The summed E-state index contributed by atoms with van der Waals surface area (Å²) >= 11 is 6.18. The Balaban J connectivity index is 1.74. The highest BCUT2D eigenvalue weighted by molar-refractivity contribution is 6.30. The second-order valence-corrected chi connectivity index (χ2v) is 7.66. The van der Waals surface area contributed by atoms with E-state index in [1.165, 1.54) is 18.2 Å². The van der Waals surface area contributed by atoms with Crippen molar-refractivity contribution in [2.24, 2.45) is 5.41 Å². The third-order valence-electron chi connectivity index (χ3n) is 4.77. The zero-order chi connectivity index (χ0) is 18.0. The Morgan fingerprint density at radius 1 is 1.20 bits per heavy atom. The van der Waals surface area contributed by atoms with Gasteiger partial charge in [-0.1, -0.05) is 43.6 Å². The first-order chi connectivity index (χ1) is 11.9. The lowest BCUT2D eigenvalue weighted by atomic mass is 9.87. The van der Waals surface area contributed by atoms with Crippen LogP contribution in [0.2, 0.25) is 5.02 Å². The number of halogens is 1. The zero-order valence-corrected chi connectivity index (χ0v) is 15.6. The molecule has 0 N–H and O–H groups in total. The van der Waals surface area contributed by atoms with E-state index in [0.29, 0.717) is 12.8 Å². The number of carbonyl (C=O) groups excluding carboxylic acids is 1. The summed E-state index contributed by atoms with van der Waals surface area (Å²) in [5, 5.41) is 0.739. The van der Waals surface area contributed by atoms with Crippen LogP contribution >= 0.6 is 11.6 Å². The van der Waals surface area contributed by atoms with Crippen LogP contribution in [0.25, 0.3) is 0 Å². The van der Waals surface area contributed by atoms with Gasteiger partial charge in [-0.3, -0.25) is 4.79 Å². The quantitative estimate of drug-likeness (QED) is 0.693. The molecule has 3 rings (SSSR count). The molecule has 4 heteroatoms. The van der Waals surface area contributed by atoms with E-state index in [2.05, 4.69) is 24.7 Å². The van der Waals surface area contributed by atoms with Crippen LogP contribution in [0, 0.1) is 5.41 Å². The van der Waals surface area contributed by atoms with Gasteiger partial charge in [0, 0.05) is 16.9 Å². The van der Waals surface area contributed by atoms with Gasteiger partial charge in [0.15, 0.2) is 0 Å². The standard InChI is InChI=1S/C21H23ClO3/c1-21(2)13-15-7-8-16(22)12-18(15)20(21)25-17-9-4-14(5-10-17)6-11-19(23)24-3/h4-5,7-10,12,20H,6,11,13H2,1-3H3. The average molecular weight is 359 g/mol. The van der Waals surface area contributed by atoms with Crippen LogP contribution in [0.1, 0.15) is 43.1 Å². The van der Waals surface area contributed by atoms with Crippen molar-refractivity contribution in [2.45, 2.75) is 39.2 Å². The minimum atomic E-state index is -0.193. The van der Waals surface area contributed by atoms with Crippen LogP contribution < -0.4 is 4.74 Å². The first-order valence-corrected chi connectivity index (χ1v) is 8.87. The summed E-state index contributed by atoms with van der Waals surface area (Å²) in [5.41, 5.74) is 3.57. The Morgan fingerprint density at radius 3 is 2.60 bits per heavy atom. The molecule has 0 spiro atoms. The van der Waals surface area contributed by atoms with E-state index in [0.717, 1.165) is 22.8 Å². The van der Waals surface area contributed by atoms with Gasteiger partial charge in [-0.15, -0.1) is 0 Å². The number of benzene rings is 2. The summed E-state index contributed by atoms with van der Waals surface area (Å²) in [5.74, 6) is 0.634. The maximum atomic E-state index is 11.2. The fourth-order valence-corrected chi connectivity index (χ4v) is 3.60. The molecule has 0 saturated carbocycles. The number of hydrogen-bond donors (Lipinski definition) is 0. The maximum Gasteiger partial charge on any atom is 0.305 e. The highest BCUT2D eigenvalue weighted by Crippen LogP contribution is 2.48. The molecule has 132 valence electrons. The molecule has 0 saturated heterocycles. The van der Waals surface area contributed by atoms with E-state index in [-0.39, 0.29) is 17.5 Å². The topological polar surface area (TPSA) is 35.5 Å². The van der Waals surface area contributed by atoms with E-state index in [4.69, 9.17) is 16.3 Å². The Labute approximate surface area is 153 Å². The third kappa shape index (κ3) is 3.98. The van der Waals surface area contributed by atoms with Crippen molar-refractivity contribution in [3.05, 3.63) is 64.2 Å². The van der Waals surface area contributed by atoms with Crippen molar-refractivity contribution < 1.29 is 14.3 Å². The van der Waals surface area contributed by atoms with Gasteiger partial charge in [0.1, 0.15) is 11.9 Å². The summed E-state index contributed by atoms with van der Waals surface area (Å²) in [6.45, 7) is 4.44. The van der Waals surface area contributed by atoms with Crippen LogP contribution in [-0.4, -0.2) is 13.1 Å². The van der Waals surface area contributed by atoms with E-state index < -0.39 is 0 Å². The first kappa shape index (κ1) is 17.8. The largest absolute Gasteiger partial charge is 0.485 e. The second-order valence-electron chi connectivity index (χ2n) is 7.23. The zero-order valence-electron chi connectivity index (χ0n) is 14.8. The predicted molar refractivity (Wildman–Crippen MR) is 99.1 cm³/mol. The SMILES string of the molecule is COC(=O)CCc1ccc(OC2c3cc(Cl)ccc3CC2(C)C)cc1. The highest BCUT2D eigenvalue weighted by Gasteiger charge is 2.40. The summed E-state index contributed by atoms with van der Waals surface area (Å²) in [7, 11) is 1.41. The molecule has 2 aromatic carbocycles. The molecule has 0 bridgehead atoms. The van der Waals surface area contributed by atoms with Crippen molar-refractivity contribution in [2.75, 3.05) is 7.11 Å². The summed E-state index contributed by atoms with van der Waals surface area (Å²) in [4.78, 5) is 11.2. The molecule has 2 aromatic rings. The van der Waals surface area contributed by atoms with Crippen molar-refractivity contribution in [1.82, 2.24) is 0 Å². The molecule has 0 fully saturated rings. The van der Waals surface area contributed by atoms with Crippen molar-refractivity contribution in [3.8, 4) is 5.75 Å². The van der Waals surface area contributed by atoms with Gasteiger partial charge in [0.25, 0.3) is 0 Å². The van der Waals surface area contributed by atoms with E-state index in [1.807, 2.05) is 36.4 Å². The van der Waals surface area contributed by atoms with Gasteiger partial charge in [-0.05, 0) is 53.8 Å². The molecule has 1 atom stereocenters. The molecule has 0 radical (unpaired) electrons. The minimum Gasteiger partial charge on any atom is -0.485 e. The Kier molecular flexibility index (Phi) is 5.05. The van der Waals surface area contributed by atoms with Crippen LogP contribution in [0.4, 0.5) is 0 Å². The number of aryl methyl sites for hydroxylation is 1. The number of carbonyl (C=O) groups is 1. The molecule has 0 aliphatic heterocycles. The number of rotatable bonds is 5. The van der Waals surface area contributed by atoms with Crippen LogP contribution in [0.15, 0.2) is 42.5 Å². The average Bonchev–Trinajstić information content (AvgIpc) is 2.84. The van der Waals surface area contributed by atoms with Gasteiger partial charge in [0.05, 0.1) is 7.11 Å². The lowest BCUT2D eigenvalue weighted by Crippen LogP contribution is -2.22.